The molecular weight excluding hydrogens is 206 g/mol. The van der Waals surface area contributed by atoms with E-state index < -0.39 is 5.91 Å². The van der Waals surface area contributed by atoms with E-state index in [9.17, 15) is 4.79 Å². The molecule has 6 heteroatoms. The van der Waals surface area contributed by atoms with E-state index in [0.717, 1.165) is 5.56 Å². The fourth-order valence-corrected chi connectivity index (χ4v) is 1.25. The Kier molecular flexibility index (Phi) is 4.19. The Labute approximate surface area is 94.7 Å². The Morgan fingerprint density at radius 2 is 2.00 bits per heavy atom. The molecule has 0 aliphatic heterocycles. The summed E-state index contributed by atoms with van der Waals surface area (Å²) < 4.78 is 0. The Morgan fingerprint density at radius 1 is 1.44 bits per heavy atom. The van der Waals surface area contributed by atoms with Crippen molar-refractivity contribution >= 4 is 11.9 Å². The third-order valence-corrected chi connectivity index (χ3v) is 2.13. The Balaban J connectivity index is 2.88. The van der Waals surface area contributed by atoms with Gasteiger partial charge < -0.3 is 16.4 Å². The third kappa shape index (κ3) is 3.16. The highest BCUT2D eigenvalue weighted by molar-refractivity contribution is 5.78. The number of primary amides is 1. The summed E-state index contributed by atoms with van der Waals surface area (Å²) in [4.78, 5) is 21.0. The normalized spacial score (nSPS) is 10.5. The number of carbonyl (C=O) groups is 1. The summed E-state index contributed by atoms with van der Waals surface area (Å²) in [6, 6.07) is 0.108. The molecule has 16 heavy (non-hydrogen) atoms. The molecule has 88 valence electrons. The maximum absolute atomic E-state index is 10.9. The molecule has 0 aliphatic carbocycles. The first-order valence-electron chi connectivity index (χ1n) is 5.10. The zero-order chi connectivity index (χ0) is 12.1. The SMILES string of the molecule is CC(C)N(CC(N)=O)c1ncc(CN)cn1. The lowest BCUT2D eigenvalue weighted by Crippen LogP contribution is -2.39. The van der Waals surface area contributed by atoms with Gasteiger partial charge in [-0.3, -0.25) is 4.79 Å². The van der Waals surface area contributed by atoms with E-state index >= 15 is 0 Å². The highest BCUT2D eigenvalue weighted by atomic mass is 16.1. The van der Waals surface area contributed by atoms with Crippen LogP contribution in [-0.4, -0.2) is 28.5 Å². The lowest BCUT2D eigenvalue weighted by Gasteiger charge is -2.24. The molecule has 1 amide bonds. The van der Waals surface area contributed by atoms with Crippen LogP contribution in [0.1, 0.15) is 19.4 Å². The van der Waals surface area contributed by atoms with Crippen molar-refractivity contribution in [3.63, 3.8) is 0 Å². The number of hydrogen-bond acceptors (Lipinski definition) is 5. The van der Waals surface area contributed by atoms with E-state index in [2.05, 4.69) is 9.97 Å². The highest BCUT2D eigenvalue weighted by Gasteiger charge is 2.15. The van der Waals surface area contributed by atoms with Crippen molar-refractivity contribution in [1.29, 1.82) is 0 Å². The summed E-state index contributed by atoms with van der Waals surface area (Å²) in [5.41, 5.74) is 11.5. The van der Waals surface area contributed by atoms with Gasteiger partial charge in [-0.2, -0.15) is 0 Å². The van der Waals surface area contributed by atoms with E-state index in [0.29, 0.717) is 12.5 Å². The van der Waals surface area contributed by atoms with Gasteiger partial charge >= 0.3 is 0 Å². The molecule has 0 spiro atoms. The van der Waals surface area contributed by atoms with Crippen LogP contribution in [0.25, 0.3) is 0 Å². The zero-order valence-electron chi connectivity index (χ0n) is 9.55. The standard InChI is InChI=1S/C10H17N5O/c1-7(2)15(6-9(12)16)10-13-4-8(3-11)5-14-10/h4-5,7H,3,6,11H2,1-2H3,(H2,12,16). The first-order valence-corrected chi connectivity index (χ1v) is 5.10. The van der Waals surface area contributed by atoms with Crippen molar-refractivity contribution in [2.24, 2.45) is 11.5 Å². The van der Waals surface area contributed by atoms with E-state index in [1.54, 1.807) is 17.3 Å². The quantitative estimate of drug-likeness (QED) is 0.710. The first-order chi connectivity index (χ1) is 7.54. The van der Waals surface area contributed by atoms with Gasteiger partial charge in [-0.1, -0.05) is 0 Å². The van der Waals surface area contributed by atoms with Crippen LogP contribution in [0.5, 0.6) is 0 Å². The van der Waals surface area contributed by atoms with Crippen molar-refractivity contribution in [1.82, 2.24) is 9.97 Å². The van der Waals surface area contributed by atoms with Crippen LogP contribution in [-0.2, 0) is 11.3 Å². The van der Waals surface area contributed by atoms with Gasteiger partial charge in [0.2, 0.25) is 11.9 Å². The number of nitrogens with zero attached hydrogens (tertiary/aromatic N) is 3. The molecule has 0 atom stereocenters. The molecule has 0 aliphatic rings. The minimum absolute atomic E-state index is 0.108. The molecule has 0 saturated carbocycles. The number of aromatic nitrogens is 2. The van der Waals surface area contributed by atoms with Crippen molar-refractivity contribution in [2.45, 2.75) is 26.4 Å². The average Bonchev–Trinajstić information content (AvgIpc) is 2.25. The summed E-state index contributed by atoms with van der Waals surface area (Å²) in [7, 11) is 0. The van der Waals surface area contributed by atoms with Crippen LogP contribution in [0.15, 0.2) is 12.4 Å². The molecule has 0 fully saturated rings. The van der Waals surface area contributed by atoms with Gasteiger partial charge in [-0.05, 0) is 13.8 Å². The molecule has 1 rings (SSSR count). The van der Waals surface area contributed by atoms with Crippen molar-refractivity contribution < 1.29 is 4.79 Å². The highest BCUT2D eigenvalue weighted by Crippen LogP contribution is 2.10. The molecule has 0 saturated heterocycles. The molecule has 1 aromatic rings. The summed E-state index contributed by atoms with van der Waals surface area (Å²) >= 11 is 0. The zero-order valence-corrected chi connectivity index (χ0v) is 9.55. The first kappa shape index (κ1) is 12.4. The largest absolute Gasteiger partial charge is 0.368 e. The molecule has 0 unspecified atom stereocenters. The monoisotopic (exact) mass is 223 g/mol. The number of anilines is 1. The Bertz CT molecular complexity index is 349. The molecule has 1 aromatic heterocycles. The maximum atomic E-state index is 10.9. The van der Waals surface area contributed by atoms with Crippen LogP contribution in [0.3, 0.4) is 0 Å². The number of carbonyl (C=O) groups excluding carboxylic acids is 1. The second kappa shape index (κ2) is 5.41. The van der Waals surface area contributed by atoms with Crippen molar-refractivity contribution in [3.8, 4) is 0 Å². The van der Waals surface area contributed by atoms with E-state index in [1.165, 1.54) is 0 Å². The van der Waals surface area contributed by atoms with Gasteiger partial charge in [0.15, 0.2) is 0 Å². The minimum atomic E-state index is -0.403. The van der Waals surface area contributed by atoms with Gasteiger partial charge in [-0.25, -0.2) is 9.97 Å². The smallest absolute Gasteiger partial charge is 0.237 e. The molecular formula is C10H17N5O. The number of nitrogens with two attached hydrogens (primary N) is 2. The van der Waals surface area contributed by atoms with Gasteiger partial charge in [0.05, 0.1) is 6.54 Å². The van der Waals surface area contributed by atoms with Crippen LogP contribution >= 0.6 is 0 Å². The summed E-state index contributed by atoms with van der Waals surface area (Å²) in [6.45, 7) is 4.41. The number of amides is 1. The van der Waals surface area contributed by atoms with Gasteiger partial charge in [-0.15, -0.1) is 0 Å². The number of rotatable bonds is 5. The van der Waals surface area contributed by atoms with Crippen LogP contribution in [0, 0.1) is 0 Å². The Morgan fingerprint density at radius 3 is 2.38 bits per heavy atom. The summed E-state index contributed by atoms with van der Waals surface area (Å²) in [5, 5.41) is 0. The number of hydrogen-bond donors (Lipinski definition) is 2. The third-order valence-electron chi connectivity index (χ3n) is 2.13. The van der Waals surface area contributed by atoms with Crippen LogP contribution in [0.2, 0.25) is 0 Å². The van der Waals surface area contributed by atoms with E-state index in [-0.39, 0.29) is 12.6 Å². The average molecular weight is 223 g/mol. The minimum Gasteiger partial charge on any atom is -0.368 e. The lowest BCUT2D eigenvalue weighted by molar-refractivity contribution is -0.116. The van der Waals surface area contributed by atoms with Crippen molar-refractivity contribution in [3.05, 3.63) is 18.0 Å². The van der Waals surface area contributed by atoms with Crippen molar-refractivity contribution in [2.75, 3.05) is 11.4 Å². The van der Waals surface area contributed by atoms with Gasteiger partial charge in [0.25, 0.3) is 0 Å². The van der Waals surface area contributed by atoms with Gasteiger partial charge in [0.1, 0.15) is 0 Å². The lowest BCUT2D eigenvalue weighted by atomic mass is 10.3. The van der Waals surface area contributed by atoms with E-state index in [4.69, 9.17) is 11.5 Å². The van der Waals surface area contributed by atoms with Gasteiger partial charge in [0, 0.05) is 30.5 Å². The molecule has 0 bridgehead atoms. The maximum Gasteiger partial charge on any atom is 0.237 e. The van der Waals surface area contributed by atoms with Crippen LogP contribution in [0.4, 0.5) is 5.95 Å². The predicted octanol–water partition coefficient (Wildman–Crippen LogP) is -0.365. The topological polar surface area (TPSA) is 98.1 Å². The van der Waals surface area contributed by atoms with Crippen LogP contribution < -0.4 is 16.4 Å². The molecule has 0 radical (unpaired) electrons. The fourth-order valence-electron chi connectivity index (χ4n) is 1.25. The summed E-state index contributed by atoms with van der Waals surface area (Å²) in [6.07, 6.45) is 3.30. The molecule has 1 heterocycles. The second-order valence-corrected chi connectivity index (χ2v) is 3.78. The Hall–Kier alpha value is -1.69. The predicted molar refractivity (Wildman–Crippen MR) is 61.6 cm³/mol. The fraction of sp³-hybridized carbons (Fsp3) is 0.500. The molecule has 6 nitrogen and oxygen atoms in total. The van der Waals surface area contributed by atoms with E-state index in [1.807, 2.05) is 13.8 Å². The second-order valence-electron chi connectivity index (χ2n) is 3.78. The molecule has 0 aromatic carbocycles. The molecule has 4 N–H and O–H groups in total. The summed E-state index contributed by atoms with van der Waals surface area (Å²) in [5.74, 6) is 0.0891.